The van der Waals surface area contributed by atoms with Crippen LogP contribution in [0.4, 0.5) is 0 Å². The van der Waals surface area contributed by atoms with Crippen LogP contribution >= 0.6 is 0 Å². The molecular weight excluding hydrogens is 741 g/mol. The lowest BCUT2D eigenvalue weighted by atomic mass is 9.86. The van der Waals surface area contributed by atoms with E-state index in [1.165, 1.54) is 32.2 Å². The molecule has 1 unspecified atom stereocenters. The van der Waals surface area contributed by atoms with E-state index in [1.807, 2.05) is 12.3 Å². The number of allylic oxidation sites excluding steroid dienone is 3. The molecule has 0 fully saturated rings. The Balaban J connectivity index is 0.928. The average molecular weight is 779 g/mol. The van der Waals surface area contributed by atoms with Gasteiger partial charge in [0.1, 0.15) is 0 Å². The van der Waals surface area contributed by atoms with Gasteiger partial charge in [0.15, 0.2) is 0 Å². The molecule has 61 heavy (non-hydrogen) atoms. The van der Waals surface area contributed by atoms with Crippen LogP contribution in [0.1, 0.15) is 24.0 Å². The number of benzene rings is 7. The molecular formula is C57H38N4. The van der Waals surface area contributed by atoms with E-state index in [2.05, 4.69) is 193 Å². The second kappa shape index (κ2) is 14.5. The van der Waals surface area contributed by atoms with Gasteiger partial charge in [-0.2, -0.15) is 0 Å². The van der Waals surface area contributed by atoms with Gasteiger partial charge in [0.25, 0.3) is 0 Å². The highest BCUT2D eigenvalue weighted by Crippen LogP contribution is 2.33. The Kier molecular flexibility index (Phi) is 8.34. The number of fused-ring (bicyclic) bond motifs is 8. The third-order valence-electron chi connectivity index (χ3n) is 12.4. The van der Waals surface area contributed by atoms with E-state index in [-0.39, 0.29) is 5.92 Å². The zero-order valence-electron chi connectivity index (χ0n) is 33.3. The summed E-state index contributed by atoms with van der Waals surface area (Å²) in [5.74, 6) is 0.221. The number of rotatable bonds is 5. The van der Waals surface area contributed by atoms with Gasteiger partial charge in [-0.05, 0) is 87.5 Å². The second-order valence-electron chi connectivity index (χ2n) is 16.2. The average Bonchev–Trinajstić information content (AvgIpc) is 3.57. The Morgan fingerprint density at radius 2 is 1.10 bits per heavy atom. The first-order valence-corrected chi connectivity index (χ1v) is 21.0. The normalized spacial score (nSPS) is 15.1. The lowest BCUT2D eigenvalue weighted by molar-refractivity contribution is 0.806. The largest absolute Gasteiger partial charge is 0.254 e. The molecule has 1 aliphatic carbocycles. The summed E-state index contributed by atoms with van der Waals surface area (Å²) in [7, 11) is 0. The molecule has 10 aromatic rings. The van der Waals surface area contributed by atoms with Gasteiger partial charge >= 0.3 is 0 Å². The van der Waals surface area contributed by atoms with Gasteiger partial charge in [0, 0.05) is 50.4 Å². The van der Waals surface area contributed by atoms with E-state index in [4.69, 9.17) is 15.0 Å². The van der Waals surface area contributed by atoms with E-state index in [0.717, 1.165) is 96.0 Å². The predicted molar refractivity (Wildman–Crippen MR) is 255 cm³/mol. The summed E-state index contributed by atoms with van der Waals surface area (Å²) in [6, 6.07) is 60.5. The van der Waals surface area contributed by atoms with Crippen LogP contribution in [0.15, 0.2) is 199 Å². The topological polar surface area (TPSA) is 51.0 Å². The highest BCUT2D eigenvalue weighted by molar-refractivity contribution is 6.13. The number of hydrogen-bond donors (Lipinski definition) is 0. The summed E-state index contributed by atoms with van der Waals surface area (Å²) in [5.41, 5.74) is 12.5. The van der Waals surface area contributed by atoms with E-state index in [9.17, 15) is 0 Å². The number of pyridine rings is 3. The van der Waals surface area contributed by atoms with Gasteiger partial charge in [-0.1, -0.05) is 157 Å². The van der Waals surface area contributed by atoms with Crippen LogP contribution in [0.3, 0.4) is 0 Å². The van der Waals surface area contributed by atoms with Gasteiger partial charge in [-0.15, -0.1) is 0 Å². The fourth-order valence-corrected chi connectivity index (χ4v) is 9.18. The third-order valence-corrected chi connectivity index (χ3v) is 12.4. The summed E-state index contributed by atoms with van der Waals surface area (Å²) in [4.78, 5) is 20.5. The van der Waals surface area contributed by atoms with Gasteiger partial charge in [0.2, 0.25) is 0 Å². The Morgan fingerprint density at radius 3 is 1.97 bits per heavy atom. The molecule has 3 aromatic heterocycles. The van der Waals surface area contributed by atoms with Crippen molar-refractivity contribution in [2.45, 2.75) is 12.8 Å². The molecule has 286 valence electrons. The lowest BCUT2D eigenvalue weighted by Gasteiger charge is -2.18. The van der Waals surface area contributed by atoms with Crippen molar-refractivity contribution < 1.29 is 0 Å². The monoisotopic (exact) mass is 778 g/mol. The molecule has 1 aliphatic heterocycles. The van der Waals surface area contributed by atoms with E-state index in [0.29, 0.717) is 0 Å². The molecule has 0 saturated carbocycles. The Bertz CT molecular complexity index is 3650. The molecule has 4 heterocycles. The van der Waals surface area contributed by atoms with Gasteiger partial charge < -0.3 is 0 Å². The fourth-order valence-electron chi connectivity index (χ4n) is 9.18. The second-order valence-corrected chi connectivity index (χ2v) is 16.2. The highest BCUT2D eigenvalue weighted by Gasteiger charge is 2.19. The molecule has 12 rings (SSSR count). The van der Waals surface area contributed by atoms with E-state index in [1.54, 1.807) is 0 Å². The maximum atomic E-state index is 5.41. The van der Waals surface area contributed by atoms with Gasteiger partial charge in [-0.25, -0.2) is 15.0 Å². The van der Waals surface area contributed by atoms with Crippen LogP contribution in [0, 0.1) is 5.92 Å². The SMILES string of the molecule is C1=C(c2ccccc2)N=C(c2ccc3ccc(-c4ccc5ccc6ccccc6c5n4)cc3c2)C=C(C2C=c3cc(-c4ccc5ccc6cccnc6c5n4)ccc3=CC2)C1. The molecule has 0 amide bonds. The first kappa shape index (κ1) is 35.2. The van der Waals surface area contributed by atoms with Crippen molar-refractivity contribution in [3.05, 3.63) is 215 Å². The molecule has 1 atom stereocenters. The first-order chi connectivity index (χ1) is 30.2. The van der Waals surface area contributed by atoms with Crippen LogP contribution in [0.2, 0.25) is 0 Å². The molecule has 0 saturated heterocycles. The van der Waals surface area contributed by atoms with Gasteiger partial charge in [-0.3, -0.25) is 4.98 Å². The summed E-state index contributed by atoms with van der Waals surface area (Å²) < 4.78 is 0. The van der Waals surface area contributed by atoms with Crippen LogP contribution in [0.25, 0.3) is 94.6 Å². The first-order valence-electron chi connectivity index (χ1n) is 21.0. The molecule has 0 radical (unpaired) electrons. The smallest absolute Gasteiger partial charge is 0.0972 e. The van der Waals surface area contributed by atoms with Crippen LogP contribution < -0.4 is 10.4 Å². The molecule has 0 bridgehead atoms. The standard InChI is InChI=1S/C57H38N4/c1-2-8-39(9-3-1)51-29-26-44(43-20-12-36-13-22-46(32-48(36)31-43)53-28-25-42-19-18-40-10-6-30-58-56(40)57(42)61-53)35-54(59-51)47-23-15-37-14-21-45(33-49(37)34-47)52-27-24-41-17-16-38-7-4-5-11-50(38)55(41)60-52/h1-19,21-25,27-35,43H,20,26H2. The van der Waals surface area contributed by atoms with Crippen molar-refractivity contribution in [1.82, 2.24) is 15.0 Å². The Hall–Kier alpha value is -7.82. The molecule has 0 N–H and O–H groups in total. The predicted octanol–water partition coefficient (Wildman–Crippen LogP) is 12.4. The van der Waals surface area contributed by atoms with Crippen molar-refractivity contribution in [1.29, 1.82) is 0 Å². The quantitative estimate of drug-likeness (QED) is 0.164. The van der Waals surface area contributed by atoms with Crippen LogP contribution in [-0.4, -0.2) is 20.7 Å². The summed E-state index contributed by atoms with van der Waals surface area (Å²) in [5, 5.41) is 10.5. The molecule has 0 spiro atoms. The van der Waals surface area contributed by atoms with E-state index < -0.39 is 0 Å². The van der Waals surface area contributed by atoms with Crippen molar-refractivity contribution in [3.63, 3.8) is 0 Å². The van der Waals surface area contributed by atoms with Crippen molar-refractivity contribution in [2.24, 2.45) is 10.9 Å². The highest BCUT2D eigenvalue weighted by atomic mass is 14.8. The summed E-state index contributed by atoms with van der Waals surface area (Å²) in [6.07, 6.45) is 13.1. The zero-order chi connectivity index (χ0) is 40.3. The lowest BCUT2D eigenvalue weighted by Crippen LogP contribution is -2.29. The van der Waals surface area contributed by atoms with Crippen LogP contribution in [-0.2, 0) is 0 Å². The summed E-state index contributed by atoms with van der Waals surface area (Å²) in [6.45, 7) is 0. The maximum Gasteiger partial charge on any atom is 0.0972 e. The molecule has 7 aromatic carbocycles. The van der Waals surface area contributed by atoms with Crippen molar-refractivity contribution >= 4 is 77.8 Å². The molecule has 2 aliphatic rings. The Morgan fingerprint density at radius 1 is 0.443 bits per heavy atom. The molecule has 4 nitrogen and oxygen atoms in total. The number of nitrogens with zero attached hydrogens (tertiary/aromatic N) is 4. The third kappa shape index (κ3) is 6.41. The Labute approximate surface area is 353 Å². The minimum Gasteiger partial charge on any atom is -0.254 e. The van der Waals surface area contributed by atoms with Gasteiger partial charge in [0.05, 0.1) is 39.3 Å². The number of aliphatic imine (C=N–C) groups is 1. The maximum absolute atomic E-state index is 5.41. The number of hydrogen-bond acceptors (Lipinski definition) is 4. The summed E-state index contributed by atoms with van der Waals surface area (Å²) >= 11 is 0. The van der Waals surface area contributed by atoms with Crippen molar-refractivity contribution in [2.75, 3.05) is 0 Å². The van der Waals surface area contributed by atoms with Crippen molar-refractivity contribution in [3.8, 4) is 22.5 Å². The van der Waals surface area contributed by atoms with E-state index >= 15 is 0 Å². The minimum absolute atomic E-state index is 0.221. The fraction of sp³-hybridized carbons (Fsp3) is 0.0526. The van der Waals surface area contributed by atoms with Crippen LogP contribution in [0.5, 0.6) is 0 Å². The minimum atomic E-state index is 0.221. The zero-order valence-corrected chi connectivity index (χ0v) is 33.3. The molecule has 4 heteroatoms. The number of aromatic nitrogens is 3.